The van der Waals surface area contributed by atoms with Crippen LogP contribution >= 0.6 is 0 Å². The SMILES string of the molecule is CCCNC(CC(C)CCC)C1Cc2ccccc2C1. The zero-order valence-corrected chi connectivity index (χ0v) is 13.5. The molecular formula is C19H31N. The average molecular weight is 273 g/mol. The van der Waals surface area contributed by atoms with Gasteiger partial charge in [-0.3, -0.25) is 0 Å². The van der Waals surface area contributed by atoms with Crippen LogP contribution in [0, 0.1) is 11.8 Å². The molecule has 0 bridgehead atoms. The third kappa shape index (κ3) is 4.09. The molecule has 1 N–H and O–H groups in total. The van der Waals surface area contributed by atoms with Crippen LogP contribution in [0.25, 0.3) is 0 Å². The summed E-state index contributed by atoms with van der Waals surface area (Å²) in [5.74, 6) is 1.65. The van der Waals surface area contributed by atoms with Gasteiger partial charge in [-0.25, -0.2) is 0 Å². The topological polar surface area (TPSA) is 12.0 Å². The number of benzene rings is 1. The number of fused-ring (bicyclic) bond motifs is 1. The van der Waals surface area contributed by atoms with Gasteiger partial charge in [-0.05, 0) is 55.2 Å². The van der Waals surface area contributed by atoms with Crippen molar-refractivity contribution in [3.63, 3.8) is 0 Å². The number of rotatable bonds is 8. The van der Waals surface area contributed by atoms with Crippen molar-refractivity contribution < 1.29 is 0 Å². The number of hydrogen-bond donors (Lipinski definition) is 1. The molecular weight excluding hydrogens is 242 g/mol. The molecule has 0 saturated carbocycles. The molecule has 1 aromatic carbocycles. The van der Waals surface area contributed by atoms with Gasteiger partial charge in [-0.15, -0.1) is 0 Å². The maximum atomic E-state index is 3.84. The Kier molecular flexibility index (Phi) is 6.09. The molecule has 0 spiro atoms. The molecule has 0 radical (unpaired) electrons. The quantitative estimate of drug-likeness (QED) is 0.730. The van der Waals surface area contributed by atoms with E-state index in [0.29, 0.717) is 6.04 Å². The van der Waals surface area contributed by atoms with E-state index in [1.807, 2.05) is 0 Å². The van der Waals surface area contributed by atoms with Crippen molar-refractivity contribution in [1.82, 2.24) is 5.32 Å². The van der Waals surface area contributed by atoms with E-state index >= 15 is 0 Å². The predicted octanol–water partition coefficient (Wildman–Crippen LogP) is 4.60. The summed E-state index contributed by atoms with van der Waals surface area (Å²) in [6, 6.07) is 9.72. The Morgan fingerprint density at radius 2 is 1.75 bits per heavy atom. The molecule has 1 aromatic rings. The Morgan fingerprint density at radius 1 is 1.10 bits per heavy atom. The lowest BCUT2D eigenvalue weighted by Crippen LogP contribution is -2.38. The van der Waals surface area contributed by atoms with Gasteiger partial charge in [0.05, 0.1) is 0 Å². The van der Waals surface area contributed by atoms with Crippen LogP contribution in [0.5, 0.6) is 0 Å². The molecule has 112 valence electrons. The van der Waals surface area contributed by atoms with Crippen molar-refractivity contribution in [1.29, 1.82) is 0 Å². The Balaban J connectivity index is 1.97. The van der Waals surface area contributed by atoms with Crippen LogP contribution in [-0.4, -0.2) is 12.6 Å². The molecule has 2 unspecified atom stereocenters. The standard InChI is InChI=1S/C19H31N/c1-4-8-15(3)12-19(20-11-5-2)18-13-16-9-6-7-10-17(16)14-18/h6-7,9-10,15,18-20H,4-5,8,11-14H2,1-3H3. The maximum absolute atomic E-state index is 3.84. The van der Waals surface area contributed by atoms with Gasteiger partial charge in [0, 0.05) is 6.04 Å². The zero-order valence-electron chi connectivity index (χ0n) is 13.5. The lowest BCUT2D eigenvalue weighted by Gasteiger charge is -2.27. The monoisotopic (exact) mass is 273 g/mol. The summed E-state index contributed by atoms with van der Waals surface area (Å²) in [7, 11) is 0. The molecule has 0 aliphatic heterocycles. The third-order valence-corrected chi connectivity index (χ3v) is 4.75. The molecule has 20 heavy (non-hydrogen) atoms. The van der Waals surface area contributed by atoms with E-state index in [2.05, 4.69) is 50.4 Å². The van der Waals surface area contributed by atoms with Gasteiger partial charge >= 0.3 is 0 Å². The summed E-state index contributed by atoms with van der Waals surface area (Å²) in [4.78, 5) is 0. The second-order valence-electron chi connectivity index (χ2n) is 6.63. The predicted molar refractivity (Wildman–Crippen MR) is 88.1 cm³/mol. The van der Waals surface area contributed by atoms with Crippen molar-refractivity contribution in [3.05, 3.63) is 35.4 Å². The minimum atomic E-state index is 0.698. The van der Waals surface area contributed by atoms with E-state index in [9.17, 15) is 0 Å². The average Bonchev–Trinajstić information content (AvgIpc) is 2.87. The summed E-state index contributed by atoms with van der Waals surface area (Å²) in [5.41, 5.74) is 3.17. The highest BCUT2D eigenvalue weighted by molar-refractivity contribution is 5.32. The van der Waals surface area contributed by atoms with Crippen LogP contribution in [0.2, 0.25) is 0 Å². The normalized spacial score (nSPS) is 17.9. The Labute approximate surface area is 125 Å². The first kappa shape index (κ1) is 15.6. The molecule has 1 aliphatic carbocycles. The van der Waals surface area contributed by atoms with Crippen molar-refractivity contribution >= 4 is 0 Å². The number of hydrogen-bond acceptors (Lipinski definition) is 1. The van der Waals surface area contributed by atoms with Gasteiger partial charge in [0.25, 0.3) is 0 Å². The van der Waals surface area contributed by atoms with E-state index in [4.69, 9.17) is 0 Å². The van der Waals surface area contributed by atoms with E-state index in [0.717, 1.165) is 18.4 Å². The lowest BCUT2D eigenvalue weighted by molar-refractivity contribution is 0.297. The molecule has 0 saturated heterocycles. The van der Waals surface area contributed by atoms with Gasteiger partial charge in [0.1, 0.15) is 0 Å². The van der Waals surface area contributed by atoms with E-state index in [-0.39, 0.29) is 0 Å². The largest absolute Gasteiger partial charge is 0.314 e. The minimum absolute atomic E-state index is 0.698. The second-order valence-corrected chi connectivity index (χ2v) is 6.63. The highest BCUT2D eigenvalue weighted by atomic mass is 14.9. The van der Waals surface area contributed by atoms with Crippen molar-refractivity contribution in [2.24, 2.45) is 11.8 Å². The first-order valence-corrected chi connectivity index (χ1v) is 8.54. The Hall–Kier alpha value is -0.820. The number of nitrogens with one attached hydrogen (secondary N) is 1. The summed E-state index contributed by atoms with van der Waals surface area (Å²) in [6.45, 7) is 8.15. The Morgan fingerprint density at radius 3 is 2.30 bits per heavy atom. The molecule has 2 atom stereocenters. The molecule has 1 heteroatoms. The minimum Gasteiger partial charge on any atom is -0.314 e. The zero-order chi connectivity index (χ0) is 14.4. The molecule has 2 rings (SSSR count). The summed E-state index contributed by atoms with van der Waals surface area (Å²) in [5, 5.41) is 3.84. The molecule has 0 heterocycles. The molecule has 0 aromatic heterocycles. The highest BCUT2D eigenvalue weighted by Crippen LogP contribution is 2.31. The van der Waals surface area contributed by atoms with Crippen LogP contribution in [0.1, 0.15) is 57.6 Å². The first-order chi connectivity index (χ1) is 9.74. The lowest BCUT2D eigenvalue weighted by atomic mass is 9.87. The maximum Gasteiger partial charge on any atom is 0.0104 e. The van der Waals surface area contributed by atoms with Crippen molar-refractivity contribution in [2.45, 2.75) is 65.3 Å². The highest BCUT2D eigenvalue weighted by Gasteiger charge is 2.28. The fourth-order valence-corrected chi connectivity index (χ4v) is 3.69. The van der Waals surface area contributed by atoms with E-state index in [1.165, 1.54) is 38.5 Å². The van der Waals surface area contributed by atoms with E-state index < -0.39 is 0 Å². The molecule has 0 amide bonds. The van der Waals surface area contributed by atoms with Gasteiger partial charge in [0.15, 0.2) is 0 Å². The van der Waals surface area contributed by atoms with Crippen LogP contribution in [0.4, 0.5) is 0 Å². The van der Waals surface area contributed by atoms with Crippen LogP contribution in [0.15, 0.2) is 24.3 Å². The van der Waals surface area contributed by atoms with Crippen molar-refractivity contribution in [3.8, 4) is 0 Å². The van der Waals surface area contributed by atoms with Gasteiger partial charge in [-0.1, -0.05) is 57.9 Å². The van der Waals surface area contributed by atoms with E-state index in [1.54, 1.807) is 11.1 Å². The van der Waals surface area contributed by atoms with Crippen LogP contribution in [-0.2, 0) is 12.8 Å². The van der Waals surface area contributed by atoms with Crippen LogP contribution in [0.3, 0.4) is 0 Å². The summed E-state index contributed by atoms with van der Waals surface area (Å²) in [6.07, 6.45) is 7.80. The molecule has 1 nitrogen and oxygen atoms in total. The smallest absolute Gasteiger partial charge is 0.0104 e. The second kappa shape index (κ2) is 7.83. The van der Waals surface area contributed by atoms with Gasteiger partial charge in [-0.2, -0.15) is 0 Å². The fourth-order valence-electron chi connectivity index (χ4n) is 3.69. The summed E-state index contributed by atoms with van der Waals surface area (Å²) < 4.78 is 0. The third-order valence-electron chi connectivity index (χ3n) is 4.75. The fraction of sp³-hybridized carbons (Fsp3) is 0.684. The molecule has 0 fully saturated rings. The van der Waals surface area contributed by atoms with Gasteiger partial charge in [0.2, 0.25) is 0 Å². The van der Waals surface area contributed by atoms with Crippen LogP contribution < -0.4 is 5.32 Å². The van der Waals surface area contributed by atoms with Crippen molar-refractivity contribution in [2.75, 3.05) is 6.54 Å². The molecule has 1 aliphatic rings. The Bertz CT molecular complexity index is 374. The summed E-state index contributed by atoms with van der Waals surface area (Å²) >= 11 is 0. The first-order valence-electron chi connectivity index (χ1n) is 8.54. The van der Waals surface area contributed by atoms with Gasteiger partial charge < -0.3 is 5.32 Å².